The summed E-state index contributed by atoms with van der Waals surface area (Å²) in [5.41, 5.74) is 1.22. The number of benzene rings is 1. The van der Waals surface area contributed by atoms with Crippen LogP contribution >= 0.6 is 11.3 Å². The quantitative estimate of drug-likeness (QED) is 0.564. The molecule has 0 aliphatic rings. The highest BCUT2D eigenvalue weighted by Crippen LogP contribution is 2.22. The molecule has 1 aromatic heterocycles. The van der Waals surface area contributed by atoms with Gasteiger partial charge in [-0.05, 0) is 44.2 Å². The van der Waals surface area contributed by atoms with Crippen molar-refractivity contribution in [2.45, 2.75) is 26.7 Å². The van der Waals surface area contributed by atoms with Crippen LogP contribution < -0.4 is 10.1 Å². The minimum Gasteiger partial charge on any atom is -0.497 e. The Morgan fingerprint density at radius 2 is 1.77 bits per heavy atom. The summed E-state index contributed by atoms with van der Waals surface area (Å²) in [6, 6.07) is 8.61. The van der Waals surface area contributed by atoms with E-state index in [0.29, 0.717) is 17.0 Å². The number of rotatable bonds is 8. The molecule has 1 heterocycles. The van der Waals surface area contributed by atoms with Gasteiger partial charge in [0.1, 0.15) is 5.75 Å². The van der Waals surface area contributed by atoms with Crippen LogP contribution in [0.15, 0.2) is 30.3 Å². The van der Waals surface area contributed by atoms with E-state index in [-0.39, 0.29) is 18.6 Å². The molecule has 0 aliphatic heterocycles. The van der Waals surface area contributed by atoms with Gasteiger partial charge in [-0.15, -0.1) is 11.3 Å². The monoisotopic (exact) mass is 375 g/mol. The molecule has 138 valence electrons. The Hall–Kier alpha value is -2.67. The number of hydrogen-bond donors (Lipinski definition) is 1. The smallest absolute Gasteiger partial charge is 0.306 e. The van der Waals surface area contributed by atoms with Gasteiger partial charge < -0.3 is 14.8 Å². The second kappa shape index (κ2) is 9.15. The van der Waals surface area contributed by atoms with Crippen molar-refractivity contribution in [3.8, 4) is 5.75 Å². The number of carbonyl (C=O) groups excluding carboxylic acids is 3. The van der Waals surface area contributed by atoms with E-state index < -0.39 is 18.5 Å². The Labute approximate surface area is 156 Å². The van der Waals surface area contributed by atoms with Gasteiger partial charge in [-0.2, -0.15) is 0 Å². The van der Waals surface area contributed by atoms with Crippen LogP contribution in [0.2, 0.25) is 0 Å². The number of anilines is 1. The number of nitrogens with one attached hydrogen (secondary N) is 1. The molecule has 2 rings (SSSR count). The number of thiophene rings is 1. The highest BCUT2D eigenvalue weighted by Gasteiger charge is 2.15. The maximum Gasteiger partial charge on any atom is 0.306 e. The molecule has 2 aromatic rings. The number of ketones is 1. The highest BCUT2D eigenvalue weighted by molar-refractivity contribution is 7.12. The largest absolute Gasteiger partial charge is 0.497 e. The van der Waals surface area contributed by atoms with Crippen molar-refractivity contribution in [2.24, 2.45) is 0 Å². The SMILES string of the molecule is COc1ccc(NC(=O)COC(=O)CCC(=O)c2cc(C)sc2C)cc1. The van der Waals surface area contributed by atoms with Crippen LogP contribution in [0.3, 0.4) is 0 Å². The van der Waals surface area contributed by atoms with E-state index in [1.165, 1.54) is 0 Å². The van der Waals surface area contributed by atoms with Crippen LogP contribution in [0.25, 0.3) is 0 Å². The lowest BCUT2D eigenvalue weighted by Gasteiger charge is -2.07. The highest BCUT2D eigenvalue weighted by atomic mass is 32.1. The van der Waals surface area contributed by atoms with Crippen LogP contribution in [-0.4, -0.2) is 31.4 Å². The summed E-state index contributed by atoms with van der Waals surface area (Å²) in [5, 5.41) is 2.61. The van der Waals surface area contributed by atoms with Gasteiger partial charge in [-0.1, -0.05) is 0 Å². The molecule has 0 saturated carbocycles. The second-order valence-corrected chi connectivity index (χ2v) is 7.15. The molecule has 0 unspecified atom stereocenters. The number of ether oxygens (including phenoxy) is 2. The molecule has 0 saturated heterocycles. The van der Waals surface area contributed by atoms with Crippen molar-refractivity contribution in [2.75, 3.05) is 19.0 Å². The summed E-state index contributed by atoms with van der Waals surface area (Å²) in [4.78, 5) is 37.7. The first kappa shape index (κ1) is 19.7. The number of methoxy groups -OCH3 is 1. The molecule has 0 spiro atoms. The predicted octanol–water partition coefficient (Wildman–Crippen LogP) is 3.52. The molecule has 0 bridgehead atoms. The van der Waals surface area contributed by atoms with Gasteiger partial charge in [-0.3, -0.25) is 14.4 Å². The second-order valence-electron chi connectivity index (χ2n) is 5.69. The first-order valence-corrected chi connectivity index (χ1v) is 8.90. The van der Waals surface area contributed by atoms with E-state index >= 15 is 0 Å². The van der Waals surface area contributed by atoms with Gasteiger partial charge in [-0.25, -0.2) is 0 Å². The number of hydrogen-bond acceptors (Lipinski definition) is 6. The third-order valence-electron chi connectivity index (χ3n) is 3.64. The fourth-order valence-corrected chi connectivity index (χ4v) is 3.29. The van der Waals surface area contributed by atoms with Gasteiger partial charge in [0.15, 0.2) is 12.4 Å². The fraction of sp³-hybridized carbons (Fsp3) is 0.316. The number of aryl methyl sites for hydroxylation is 2. The summed E-state index contributed by atoms with van der Waals surface area (Å²) in [6.45, 7) is 3.42. The Morgan fingerprint density at radius 3 is 2.35 bits per heavy atom. The van der Waals surface area contributed by atoms with E-state index in [1.54, 1.807) is 42.7 Å². The van der Waals surface area contributed by atoms with Crippen LogP contribution in [0.4, 0.5) is 5.69 Å². The Kier molecular flexibility index (Phi) is 6.91. The van der Waals surface area contributed by atoms with Crippen molar-refractivity contribution in [3.05, 3.63) is 45.6 Å². The number of carbonyl (C=O) groups is 3. The topological polar surface area (TPSA) is 81.7 Å². The van der Waals surface area contributed by atoms with Gasteiger partial charge >= 0.3 is 5.97 Å². The molecule has 0 fully saturated rings. The zero-order valence-corrected chi connectivity index (χ0v) is 15.8. The number of esters is 1. The van der Waals surface area contributed by atoms with Gasteiger partial charge in [0.2, 0.25) is 0 Å². The van der Waals surface area contributed by atoms with Crippen molar-refractivity contribution in [1.82, 2.24) is 0 Å². The minimum atomic E-state index is -0.576. The first-order valence-electron chi connectivity index (χ1n) is 8.09. The molecular formula is C19H21NO5S. The predicted molar refractivity (Wildman–Crippen MR) is 99.9 cm³/mol. The van der Waals surface area contributed by atoms with Crippen molar-refractivity contribution < 1.29 is 23.9 Å². The lowest BCUT2D eigenvalue weighted by atomic mass is 10.1. The lowest BCUT2D eigenvalue weighted by Crippen LogP contribution is -2.21. The van der Waals surface area contributed by atoms with E-state index in [9.17, 15) is 14.4 Å². The zero-order chi connectivity index (χ0) is 19.1. The average Bonchev–Trinajstić information content (AvgIpc) is 2.97. The normalized spacial score (nSPS) is 10.3. The van der Waals surface area contributed by atoms with Gasteiger partial charge in [0.05, 0.1) is 13.5 Å². The molecule has 1 aromatic carbocycles. The van der Waals surface area contributed by atoms with Gasteiger partial charge in [0.25, 0.3) is 5.91 Å². The van der Waals surface area contributed by atoms with E-state index in [4.69, 9.17) is 9.47 Å². The van der Waals surface area contributed by atoms with Crippen LogP contribution in [0.5, 0.6) is 5.75 Å². The van der Waals surface area contributed by atoms with Crippen molar-refractivity contribution in [3.63, 3.8) is 0 Å². The lowest BCUT2D eigenvalue weighted by molar-refractivity contribution is -0.147. The Balaban J connectivity index is 1.73. The summed E-state index contributed by atoms with van der Waals surface area (Å²) >= 11 is 1.55. The summed E-state index contributed by atoms with van der Waals surface area (Å²) in [5.74, 6) is -0.436. The maximum absolute atomic E-state index is 12.1. The average molecular weight is 375 g/mol. The molecule has 1 amide bonds. The summed E-state index contributed by atoms with van der Waals surface area (Å²) in [7, 11) is 1.55. The minimum absolute atomic E-state index is 0.0526. The number of Topliss-reactive ketones (excluding diaryl/α,β-unsaturated/α-hetero) is 1. The maximum atomic E-state index is 12.1. The van der Waals surface area contributed by atoms with Gasteiger partial charge in [0, 0.05) is 27.4 Å². The molecular weight excluding hydrogens is 354 g/mol. The van der Waals surface area contributed by atoms with Crippen molar-refractivity contribution >= 4 is 34.7 Å². The molecule has 0 radical (unpaired) electrons. The van der Waals surface area contributed by atoms with E-state index in [1.807, 2.05) is 19.9 Å². The molecule has 6 nitrogen and oxygen atoms in total. The van der Waals surface area contributed by atoms with Crippen molar-refractivity contribution in [1.29, 1.82) is 0 Å². The van der Waals surface area contributed by atoms with Crippen LogP contribution in [0.1, 0.15) is 33.0 Å². The van der Waals surface area contributed by atoms with E-state index in [2.05, 4.69) is 5.32 Å². The number of amides is 1. The Bertz CT molecular complexity index is 795. The zero-order valence-electron chi connectivity index (χ0n) is 15.0. The molecule has 26 heavy (non-hydrogen) atoms. The molecule has 1 N–H and O–H groups in total. The van der Waals surface area contributed by atoms with Crippen LogP contribution in [-0.2, 0) is 14.3 Å². The summed E-state index contributed by atoms with van der Waals surface area (Å²) in [6.07, 6.45) is 0.0128. The molecule has 0 atom stereocenters. The third kappa shape index (κ3) is 5.70. The van der Waals surface area contributed by atoms with Crippen LogP contribution in [0, 0.1) is 13.8 Å². The standard InChI is InChI=1S/C19H21NO5S/c1-12-10-16(13(2)26-12)17(21)8-9-19(23)25-11-18(22)20-14-4-6-15(24-3)7-5-14/h4-7,10H,8-9,11H2,1-3H3,(H,20,22). The van der Waals surface area contributed by atoms with E-state index in [0.717, 1.165) is 9.75 Å². The first-order chi connectivity index (χ1) is 12.4. The third-order valence-corrected chi connectivity index (χ3v) is 4.60. The fourth-order valence-electron chi connectivity index (χ4n) is 2.35. The summed E-state index contributed by atoms with van der Waals surface area (Å²) < 4.78 is 9.95. The molecule has 0 aliphatic carbocycles. The molecule has 7 heteroatoms. The Morgan fingerprint density at radius 1 is 1.08 bits per heavy atom.